The number of aromatic nitrogens is 1. The summed E-state index contributed by atoms with van der Waals surface area (Å²) in [6.45, 7) is 6.08. The summed E-state index contributed by atoms with van der Waals surface area (Å²) < 4.78 is 0. The third-order valence-corrected chi connectivity index (χ3v) is 4.33. The van der Waals surface area contributed by atoms with Gasteiger partial charge in [0, 0.05) is 12.1 Å². The van der Waals surface area contributed by atoms with E-state index in [4.69, 9.17) is 5.73 Å². The van der Waals surface area contributed by atoms with E-state index in [-0.39, 0.29) is 18.0 Å². The molecular weight excluding hydrogens is 274 g/mol. The second kappa shape index (κ2) is 6.41. The van der Waals surface area contributed by atoms with Crippen LogP contribution in [0.1, 0.15) is 36.4 Å². The molecule has 20 heavy (non-hydrogen) atoms. The van der Waals surface area contributed by atoms with Crippen molar-refractivity contribution in [3.8, 4) is 0 Å². The van der Waals surface area contributed by atoms with Crippen molar-refractivity contribution in [1.29, 1.82) is 0 Å². The van der Waals surface area contributed by atoms with Crippen LogP contribution in [0.3, 0.4) is 0 Å². The van der Waals surface area contributed by atoms with Crippen LogP contribution < -0.4 is 16.4 Å². The molecule has 112 valence electrons. The Hall–Kier alpha value is -1.34. The molecular formula is C13H23N5OS. The summed E-state index contributed by atoms with van der Waals surface area (Å²) in [4.78, 5) is 19.2. The van der Waals surface area contributed by atoms with E-state index in [1.54, 1.807) is 0 Å². The van der Waals surface area contributed by atoms with Gasteiger partial charge in [-0.3, -0.25) is 4.79 Å². The second-order valence-corrected chi connectivity index (χ2v) is 6.58. The predicted molar refractivity (Wildman–Crippen MR) is 83.3 cm³/mol. The number of hydrogen-bond acceptors (Lipinski definition) is 6. The number of nitrogens with zero attached hydrogens (tertiary/aromatic N) is 2. The number of carbonyl (C=O) groups excluding carboxylic acids is 1. The molecule has 0 radical (unpaired) electrons. The van der Waals surface area contributed by atoms with Crippen molar-refractivity contribution < 1.29 is 4.79 Å². The predicted octanol–water partition coefficient (Wildman–Crippen LogP) is 1.37. The van der Waals surface area contributed by atoms with Crippen LogP contribution in [-0.4, -0.2) is 48.0 Å². The SMILES string of the molecule is CC(C)Nc1nc(N)c(C(=O)NC2CCN(C)CC2)s1. The number of thiazole rings is 1. The highest BCUT2D eigenvalue weighted by atomic mass is 32.1. The summed E-state index contributed by atoms with van der Waals surface area (Å²) in [7, 11) is 2.10. The average Bonchev–Trinajstić information content (AvgIpc) is 2.72. The maximum absolute atomic E-state index is 12.3. The third-order valence-electron chi connectivity index (χ3n) is 3.33. The lowest BCUT2D eigenvalue weighted by Gasteiger charge is -2.29. The molecule has 0 saturated carbocycles. The molecule has 0 unspecified atom stereocenters. The minimum absolute atomic E-state index is 0.105. The lowest BCUT2D eigenvalue weighted by Crippen LogP contribution is -2.43. The largest absolute Gasteiger partial charge is 0.382 e. The van der Waals surface area contributed by atoms with Crippen LogP contribution in [0.25, 0.3) is 0 Å². The molecule has 1 saturated heterocycles. The minimum atomic E-state index is -0.105. The molecule has 4 N–H and O–H groups in total. The molecule has 0 aliphatic carbocycles. The first kappa shape index (κ1) is 15.1. The number of nitrogens with two attached hydrogens (primary N) is 1. The highest BCUT2D eigenvalue weighted by Gasteiger charge is 2.22. The maximum Gasteiger partial charge on any atom is 0.265 e. The number of likely N-dealkylation sites (tertiary alicyclic amines) is 1. The van der Waals surface area contributed by atoms with E-state index in [9.17, 15) is 4.79 Å². The summed E-state index contributed by atoms with van der Waals surface area (Å²) in [6, 6.07) is 0.507. The van der Waals surface area contributed by atoms with Gasteiger partial charge in [-0.15, -0.1) is 0 Å². The first-order valence-corrected chi connectivity index (χ1v) is 7.79. The van der Waals surface area contributed by atoms with Crippen LogP contribution in [0, 0.1) is 0 Å². The van der Waals surface area contributed by atoms with Crippen molar-refractivity contribution in [3.63, 3.8) is 0 Å². The summed E-state index contributed by atoms with van der Waals surface area (Å²) in [5, 5.41) is 6.93. The van der Waals surface area contributed by atoms with E-state index in [1.807, 2.05) is 13.8 Å². The van der Waals surface area contributed by atoms with Crippen LogP contribution in [-0.2, 0) is 0 Å². The van der Waals surface area contributed by atoms with Gasteiger partial charge in [-0.2, -0.15) is 0 Å². The molecule has 2 rings (SSSR count). The molecule has 1 fully saturated rings. The van der Waals surface area contributed by atoms with Crippen LogP contribution in [0.15, 0.2) is 0 Å². The van der Waals surface area contributed by atoms with Crippen LogP contribution in [0.4, 0.5) is 10.9 Å². The Labute approximate surface area is 123 Å². The summed E-state index contributed by atoms with van der Waals surface area (Å²) in [5.41, 5.74) is 5.84. The Morgan fingerprint density at radius 3 is 2.70 bits per heavy atom. The fourth-order valence-electron chi connectivity index (χ4n) is 2.21. The van der Waals surface area contributed by atoms with Gasteiger partial charge in [-0.1, -0.05) is 11.3 Å². The Morgan fingerprint density at radius 2 is 2.10 bits per heavy atom. The molecule has 2 heterocycles. The number of rotatable bonds is 4. The van der Waals surface area contributed by atoms with Crippen LogP contribution >= 0.6 is 11.3 Å². The second-order valence-electron chi connectivity index (χ2n) is 5.58. The fourth-order valence-corrected chi connectivity index (χ4v) is 3.14. The monoisotopic (exact) mass is 297 g/mol. The summed E-state index contributed by atoms with van der Waals surface area (Å²) >= 11 is 1.32. The molecule has 1 amide bonds. The number of nitrogen functional groups attached to an aromatic ring is 1. The molecule has 0 spiro atoms. The van der Waals surface area contributed by atoms with E-state index >= 15 is 0 Å². The molecule has 1 aromatic heterocycles. The van der Waals surface area contributed by atoms with Crippen molar-refractivity contribution >= 4 is 28.2 Å². The molecule has 1 aromatic rings. The van der Waals surface area contributed by atoms with Gasteiger partial charge in [0.15, 0.2) is 5.13 Å². The average molecular weight is 297 g/mol. The Morgan fingerprint density at radius 1 is 1.45 bits per heavy atom. The van der Waals surface area contributed by atoms with Gasteiger partial charge in [0.05, 0.1) is 0 Å². The van der Waals surface area contributed by atoms with Crippen LogP contribution in [0.2, 0.25) is 0 Å². The van der Waals surface area contributed by atoms with Crippen molar-refractivity contribution in [2.24, 2.45) is 0 Å². The number of piperidine rings is 1. The summed E-state index contributed by atoms with van der Waals surface area (Å²) in [6.07, 6.45) is 1.97. The molecule has 6 nitrogen and oxygen atoms in total. The van der Waals surface area contributed by atoms with Crippen molar-refractivity contribution in [2.75, 3.05) is 31.2 Å². The molecule has 0 bridgehead atoms. The number of hydrogen-bond donors (Lipinski definition) is 3. The van der Waals surface area contributed by atoms with E-state index in [0.717, 1.165) is 25.9 Å². The Bertz CT molecular complexity index is 465. The lowest BCUT2D eigenvalue weighted by molar-refractivity contribution is 0.0921. The first-order chi connectivity index (χ1) is 9.45. The smallest absolute Gasteiger partial charge is 0.265 e. The minimum Gasteiger partial charge on any atom is -0.382 e. The number of nitrogens with one attached hydrogen (secondary N) is 2. The van der Waals surface area contributed by atoms with Gasteiger partial charge >= 0.3 is 0 Å². The number of amides is 1. The molecule has 0 atom stereocenters. The van der Waals surface area contributed by atoms with Crippen molar-refractivity contribution in [2.45, 2.75) is 38.8 Å². The molecule has 0 aromatic carbocycles. The van der Waals surface area contributed by atoms with E-state index in [1.165, 1.54) is 11.3 Å². The van der Waals surface area contributed by atoms with Crippen LogP contribution in [0.5, 0.6) is 0 Å². The molecule has 1 aliphatic heterocycles. The first-order valence-electron chi connectivity index (χ1n) is 6.98. The standard InChI is InChI=1S/C13H23N5OS/c1-8(2)15-13-17-11(14)10(20-13)12(19)16-9-4-6-18(3)7-5-9/h8-9H,4-7,14H2,1-3H3,(H,15,17)(H,16,19). The highest BCUT2D eigenvalue weighted by Crippen LogP contribution is 2.25. The Balaban J connectivity index is 1.96. The molecule has 7 heteroatoms. The zero-order valence-corrected chi connectivity index (χ0v) is 13.1. The highest BCUT2D eigenvalue weighted by molar-refractivity contribution is 7.18. The van der Waals surface area contributed by atoms with Crippen molar-refractivity contribution in [1.82, 2.24) is 15.2 Å². The zero-order chi connectivity index (χ0) is 14.7. The quantitative estimate of drug-likeness (QED) is 0.782. The van der Waals surface area contributed by atoms with Gasteiger partial charge in [-0.25, -0.2) is 4.98 Å². The van der Waals surface area contributed by atoms with Gasteiger partial charge in [0.2, 0.25) is 0 Å². The van der Waals surface area contributed by atoms with E-state index in [0.29, 0.717) is 15.8 Å². The normalized spacial score (nSPS) is 17.4. The number of carbonyl (C=O) groups is 1. The zero-order valence-electron chi connectivity index (χ0n) is 12.3. The maximum atomic E-state index is 12.3. The fraction of sp³-hybridized carbons (Fsp3) is 0.692. The summed E-state index contributed by atoms with van der Waals surface area (Å²) in [5.74, 6) is 0.204. The van der Waals surface area contributed by atoms with Gasteiger partial charge < -0.3 is 21.3 Å². The number of anilines is 2. The third kappa shape index (κ3) is 3.83. The van der Waals surface area contributed by atoms with E-state index in [2.05, 4.69) is 27.6 Å². The molecule has 1 aliphatic rings. The van der Waals surface area contributed by atoms with Gasteiger partial charge in [0.1, 0.15) is 10.7 Å². The Kier molecular flexibility index (Phi) is 4.82. The topological polar surface area (TPSA) is 83.3 Å². The van der Waals surface area contributed by atoms with E-state index < -0.39 is 0 Å². The van der Waals surface area contributed by atoms with Gasteiger partial charge in [0.25, 0.3) is 5.91 Å². The lowest BCUT2D eigenvalue weighted by atomic mass is 10.1. The van der Waals surface area contributed by atoms with Crippen molar-refractivity contribution in [3.05, 3.63) is 4.88 Å². The van der Waals surface area contributed by atoms with Gasteiger partial charge in [-0.05, 0) is 46.8 Å².